The second-order valence-electron chi connectivity index (χ2n) is 3.88. The summed E-state index contributed by atoms with van der Waals surface area (Å²) in [6.07, 6.45) is 0. The molecule has 2 nitrogen and oxygen atoms in total. The standard InChI is InChI=1S/C13H15NOS/c1-9-5-6-16-13(9)8-14-12-4-3-11(15)7-10(12)2/h3-7,14-15H,8H2,1-2H3. The summed E-state index contributed by atoms with van der Waals surface area (Å²) in [5.74, 6) is 0.315. The number of phenols is 1. The monoisotopic (exact) mass is 233 g/mol. The zero-order chi connectivity index (χ0) is 11.5. The molecule has 0 amide bonds. The predicted molar refractivity (Wildman–Crippen MR) is 69.2 cm³/mol. The third kappa shape index (κ3) is 2.36. The van der Waals surface area contributed by atoms with E-state index in [1.54, 1.807) is 23.5 Å². The Bertz CT molecular complexity index is 490. The fraction of sp³-hybridized carbons (Fsp3) is 0.231. The molecule has 0 fully saturated rings. The van der Waals surface area contributed by atoms with Crippen LogP contribution in [0.15, 0.2) is 29.6 Å². The number of benzene rings is 1. The number of hydrogen-bond acceptors (Lipinski definition) is 3. The molecule has 0 radical (unpaired) electrons. The maximum Gasteiger partial charge on any atom is 0.115 e. The van der Waals surface area contributed by atoms with Crippen LogP contribution in [0.1, 0.15) is 16.0 Å². The van der Waals surface area contributed by atoms with E-state index in [9.17, 15) is 5.11 Å². The highest BCUT2D eigenvalue weighted by atomic mass is 32.1. The lowest BCUT2D eigenvalue weighted by Gasteiger charge is -2.09. The van der Waals surface area contributed by atoms with Crippen molar-refractivity contribution in [2.24, 2.45) is 0 Å². The van der Waals surface area contributed by atoms with Crippen molar-refractivity contribution in [3.05, 3.63) is 45.6 Å². The van der Waals surface area contributed by atoms with Crippen LogP contribution in [0.25, 0.3) is 0 Å². The highest BCUT2D eigenvalue weighted by Gasteiger charge is 2.02. The topological polar surface area (TPSA) is 32.3 Å². The molecule has 0 saturated heterocycles. The van der Waals surface area contributed by atoms with E-state index in [-0.39, 0.29) is 0 Å². The van der Waals surface area contributed by atoms with Gasteiger partial charge in [0, 0.05) is 17.1 Å². The van der Waals surface area contributed by atoms with E-state index < -0.39 is 0 Å². The van der Waals surface area contributed by atoms with Crippen molar-refractivity contribution in [1.29, 1.82) is 0 Å². The van der Waals surface area contributed by atoms with E-state index in [1.807, 2.05) is 13.0 Å². The third-order valence-corrected chi connectivity index (χ3v) is 3.64. The maximum atomic E-state index is 9.31. The number of rotatable bonds is 3. The fourth-order valence-electron chi connectivity index (χ4n) is 1.61. The Morgan fingerprint density at radius 1 is 1.19 bits per heavy atom. The van der Waals surface area contributed by atoms with Crippen molar-refractivity contribution in [3.8, 4) is 5.75 Å². The minimum Gasteiger partial charge on any atom is -0.508 e. The van der Waals surface area contributed by atoms with Crippen LogP contribution in [-0.4, -0.2) is 5.11 Å². The van der Waals surface area contributed by atoms with Gasteiger partial charge in [-0.25, -0.2) is 0 Å². The maximum absolute atomic E-state index is 9.31. The molecule has 0 bridgehead atoms. The molecule has 0 unspecified atom stereocenters. The molecule has 2 rings (SSSR count). The summed E-state index contributed by atoms with van der Waals surface area (Å²) in [6.45, 7) is 4.95. The van der Waals surface area contributed by atoms with Gasteiger partial charge in [-0.15, -0.1) is 11.3 Å². The van der Waals surface area contributed by atoms with E-state index >= 15 is 0 Å². The lowest BCUT2D eigenvalue weighted by Crippen LogP contribution is -2.00. The van der Waals surface area contributed by atoms with Crippen LogP contribution in [-0.2, 0) is 6.54 Å². The van der Waals surface area contributed by atoms with Gasteiger partial charge in [-0.3, -0.25) is 0 Å². The molecule has 0 spiro atoms. The largest absolute Gasteiger partial charge is 0.508 e. The van der Waals surface area contributed by atoms with Crippen LogP contribution < -0.4 is 5.32 Å². The van der Waals surface area contributed by atoms with E-state index in [1.165, 1.54) is 10.4 Å². The van der Waals surface area contributed by atoms with Gasteiger partial charge in [-0.2, -0.15) is 0 Å². The Labute approximate surface area is 99.6 Å². The van der Waals surface area contributed by atoms with Gasteiger partial charge < -0.3 is 10.4 Å². The first-order chi connectivity index (χ1) is 7.66. The Morgan fingerprint density at radius 3 is 2.62 bits per heavy atom. The van der Waals surface area contributed by atoms with Gasteiger partial charge in [-0.05, 0) is 54.6 Å². The first-order valence-corrected chi connectivity index (χ1v) is 6.11. The van der Waals surface area contributed by atoms with Crippen molar-refractivity contribution in [2.45, 2.75) is 20.4 Å². The van der Waals surface area contributed by atoms with Gasteiger partial charge in [0.15, 0.2) is 0 Å². The summed E-state index contributed by atoms with van der Waals surface area (Å²) in [5.41, 5.74) is 3.47. The van der Waals surface area contributed by atoms with Crippen LogP contribution in [0.3, 0.4) is 0 Å². The van der Waals surface area contributed by atoms with Crippen molar-refractivity contribution >= 4 is 17.0 Å². The van der Waals surface area contributed by atoms with E-state index in [2.05, 4.69) is 23.7 Å². The molecule has 0 saturated carbocycles. The Hall–Kier alpha value is -1.48. The number of thiophene rings is 1. The molecule has 2 aromatic rings. The summed E-state index contributed by atoms with van der Waals surface area (Å²) in [7, 11) is 0. The van der Waals surface area contributed by atoms with Gasteiger partial charge in [0.2, 0.25) is 0 Å². The molecule has 1 aromatic heterocycles. The number of hydrogen-bond donors (Lipinski definition) is 2. The van der Waals surface area contributed by atoms with E-state index in [4.69, 9.17) is 0 Å². The summed E-state index contributed by atoms with van der Waals surface area (Å²) in [4.78, 5) is 1.35. The van der Waals surface area contributed by atoms with Gasteiger partial charge in [0.25, 0.3) is 0 Å². The summed E-state index contributed by atoms with van der Waals surface area (Å²) >= 11 is 1.77. The van der Waals surface area contributed by atoms with Crippen LogP contribution in [0.5, 0.6) is 5.75 Å². The normalized spacial score (nSPS) is 10.4. The summed E-state index contributed by atoms with van der Waals surface area (Å²) in [6, 6.07) is 7.51. The lowest BCUT2D eigenvalue weighted by atomic mass is 10.2. The quantitative estimate of drug-likeness (QED) is 0.793. The minimum atomic E-state index is 0.315. The highest BCUT2D eigenvalue weighted by molar-refractivity contribution is 7.10. The molecule has 3 heteroatoms. The predicted octanol–water partition coefficient (Wildman–Crippen LogP) is 3.68. The molecule has 2 N–H and O–H groups in total. The van der Waals surface area contributed by atoms with Gasteiger partial charge in [0.05, 0.1) is 0 Å². The first kappa shape index (κ1) is 11.0. The molecule has 1 aromatic carbocycles. The van der Waals surface area contributed by atoms with Crippen molar-refractivity contribution < 1.29 is 5.11 Å². The lowest BCUT2D eigenvalue weighted by molar-refractivity contribution is 0.475. The van der Waals surface area contributed by atoms with Gasteiger partial charge in [0.1, 0.15) is 5.75 Å². The van der Waals surface area contributed by atoms with Crippen LogP contribution >= 0.6 is 11.3 Å². The second-order valence-corrected chi connectivity index (χ2v) is 4.88. The number of nitrogens with one attached hydrogen (secondary N) is 1. The minimum absolute atomic E-state index is 0.315. The second kappa shape index (κ2) is 4.58. The molecule has 0 aliphatic heterocycles. The average molecular weight is 233 g/mol. The Balaban J connectivity index is 2.08. The van der Waals surface area contributed by atoms with Gasteiger partial charge >= 0.3 is 0 Å². The molecular formula is C13H15NOS. The first-order valence-electron chi connectivity index (χ1n) is 5.23. The van der Waals surface area contributed by atoms with Crippen LogP contribution in [0.4, 0.5) is 5.69 Å². The molecule has 0 aliphatic carbocycles. The van der Waals surface area contributed by atoms with E-state index in [0.29, 0.717) is 5.75 Å². The smallest absolute Gasteiger partial charge is 0.115 e. The average Bonchev–Trinajstić information content (AvgIpc) is 2.63. The van der Waals surface area contributed by atoms with Crippen LogP contribution in [0, 0.1) is 13.8 Å². The van der Waals surface area contributed by atoms with Crippen molar-refractivity contribution in [1.82, 2.24) is 0 Å². The molecular weight excluding hydrogens is 218 g/mol. The SMILES string of the molecule is Cc1cc(O)ccc1NCc1sccc1C. The molecule has 1 heterocycles. The number of anilines is 1. The Morgan fingerprint density at radius 2 is 2.00 bits per heavy atom. The number of phenolic OH excluding ortho intramolecular Hbond substituents is 1. The number of aryl methyl sites for hydroxylation is 2. The molecule has 0 aliphatic rings. The molecule has 84 valence electrons. The molecule has 16 heavy (non-hydrogen) atoms. The van der Waals surface area contributed by atoms with Crippen LogP contribution in [0.2, 0.25) is 0 Å². The molecule has 0 atom stereocenters. The summed E-state index contributed by atoms with van der Waals surface area (Å²) in [5, 5.41) is 14.8. The van der Waals surface area contributed by atoms with Crippen molar-refractivity contribution in [2.75, 3.05) is 5.32 Å². The zero-order valence-electron chi connectivity index (χ0n) is 9.45. The highest BCUT2D eigenvalue weighted by Crippen LogP contribution is 2.22. The van der Waals surface area contributed by atoms with Crippen molar-refractivity contribution in [3.63, 3.8) is 0 Å². The van der Waals surface area contributed by atoms with E-state index in [0.717, 1.165) is 17.8 Å². The fourth-order valence-corrected chi connectivity index (χ4v) is 2.45. The van der Waals surface area contributed by atoms with Gasteiger partial charge in [-0.1, -0.05) is 0 Å². The Kier molecular flexibility index (Phi) is 3.15. The number of aromatic hydroxyl groups is 1. The summed E-state index contributed by atoms with van der Waals surface area (Å²) < 4.78 is 0. The zero-order valence-corrected chi connectivity index (χ0v) is 10.3. The third-order valence-electron chi connectivity index (χ3n) is 2.62.